The Hall–Kier alpha value is -2.60. The van der Waals surface area contributed by atoms with Gasteiger partial charge in [-0.15, -0.1) is 0 Å². The first-order valence-electron chi connectivity index (χ1n) is 6.96. The number of nitro groups is 1. The minimum Gasteiger partial charge on any atom is -0.457 e. The summed E-state index contributed by atoms with van der Waals surface area (Å²) in [6, 6.07) is 14.0. The smallest absolute Gasteiger partial charge is 0.292 e. The summed E-state index contributed by atoms with van der Waals surface area (Å²) in [5.41, 5.74) is 0.499. The second-order valence-corrected chi connectivity index (χ2v) is 5.08. The second kappa shape index (κ2) is 7.42. The lowest BCUT2D eigenvalue weighted by Crippen LogP contribution is -2.21. The summed E-state index contributed by atoms with van der Waals surface area (Å²) in [7, 11) is 3.90. The minimum absolute atomic E-state index is 0.0409. The molecule has 6 nitrogen and oxygen atoms in total. The average Bonchev–Trinajstić information content (AvgIpc) is 2.48. The van der Waals surface area contributed by atoms with E-state index in [0.29, 0.717) is 23.7 Å². The van der Waals surface area contributed by atoms with E-state index in [2.05, 4.69) is 5.32 Å². The second-order valence-electron chi connectivity index (χ2n) is 5.08. The SMILES string of the molecule is CN(C)CCNc1cc(Oc2ccccc2)ccc1[N+](=O)[O-]. The fraction of sp³-hybridized carbons (Fsp3) is 0.250. The average molecular weight is 301 g/mol. The van der Waals surface area contributed by atoms with Gasteiger partial charge in [-0.25, -0.2) is 0 Å². The Morgan fingerprint density at radius 2 is 1.86 bits per heavy atom. The van der Waals surface area contributed by atoms with E-state index in [4.69, 9.17) is 4.74 Å². The number of nitrogens with one attached hydrogen (secondary N) is 1. The number of anilines is 1. The number of nitrogens with zero attached hydrogens (tertiary/aromatic N) is 2. The maximum absolute atomic E-state index is 11.1. The Labute approximate surface area is 129 Å². The fourth-order valence-corrected chi connectivity index (χ4v) is 1.92. The van der Waals surface area contributed by atoms with Crippen LogP contribution < -0.4 is 10.1 Å². The molecular formula is C16H19N3O3. The molecule has 0 radical (unpaired) electrons. The van der Waals surface area contributed by atoms with Gasteiger partial charge in [0, 0.05) is 25.2 Å². The van der Waals surface area contributed by atoms with E-state index in [0.717, 1.165) is 6.54 Å². The van der Waals surface area contributed by atoms with Crippen LogP contribution in [0.15, 0.2) is 48.5 Å². The highest BCUT2D eigenvalue weighted by Gasteiger charge is 2.14. The first kappa shape index (κ1) is 15.8. The Kier molecular flexibility index (Phi) is 5.32. The molecule has 2 aromatic carbocycles. The van der Waals surface area contributed by atoms with Crippen molar-refractivity contribution in [2.45, 2.75) is 0 Å². The van der Waals surface area contributed by atoms with Crippen LogP contribution in [0.1, 0.15) is 0 Å². The van der Waals surface area contributed by atoms with E-state index in [-0.39, 0.29) is 5.69 Å². The fourth-order valence-electron chi connectivity index (χ4n) is 1.92. The van der Waals surface area contributed by atoms with E-state index >= 15 is 0 Å². The Morgan fingerprint density at radius 3 is 2.50 bits per heavy atom. The number of benzene rings is 2. The number of hydrogen-bond acceptors (Lipinski definition) is 5. The molecule has 0 heterocycles. The van der Waals surface area contributed by atoms with E-state index in [1.807, 2.05) is 49.3 Å². The van der Waals surface area contributed by atoms with E-state index < -0.39 is 4.92 Å². The largest absolute Gasteiger partial charge is 0.457 e. The summed E-state index contributed by atoms with van der Waals surface area (Å²) in [5, 5.41) is 14.2. The molecule has 0 bridgehead atoms. The number of ether oxygens (including phenoxy) is 1. The van der Waals surface area contributed by atoms with Crippen molar-refractivity contribution in [1.82, 2.24) is 4.90 Å². The lowest BCUT2D eigenvalue weighted by Gasteiger charge is -2.13. The van der Waals surface area contributed by atoms with Crippen LogP contribution in [0.25, 0.3) is 0 Å². The molecule has 22 heavy (non-hydrogen) atoms. The standard InChI is InChI=1S/C16H19N3O3/c1-18(2)11-10-17-15-12-14(8-9-16(15)19(20)21)22-13-6-4-3-5-7-13/h3-9,12,17H,10-11H2,1-2H3. The van der Waals surface area contributed by atoms with Crippen LogP contribution in [0.3, 0.4) is 0 Å². The zero-order chi connectivity index (χ0) is 15.9. The molecule has 116 valence electrons. The lowest BCUT2D eigenvalue weighted by molar-refractivity contribution is -0.384. The highest BCUT2D eigenvalue weighted by Crippen LogP contribution is 2.31. The molecule has 0 aliphatic carbocycles. The van der Waals surface area contributed by atoms with Gasteiger partial charge in [0.2, 0.25) is 0 Å². The molecule has 0 amide bonds. The molecule has 0 fully saturated rings. The normalized spacial score (nSPS) is 10.5. The van der Waals surface area contributed by atoms with Crippen molar-refractivity contribution in [3.63, 3.8) is 0 Å². The number of rotatable bonds is 7. The quantitative estimate of drug-likeness (QED) is 0.627. The van der Waals surface area contributed by atoms with Crippen LogP contribution in [0, 0.1) is 10.1 Å². The Bertz CT molecular complexity index is 630. The molecule has 0 aliphatic rings. The molecule has 0 spiro atoms. The van der Waals surface area contributed by atoms with Gasteiger partial charge in [0.15, 0.2) is 0 Å². The van der Waals surface area contributed by atoms with Gasteiger partial charge < -0.3 is 15.0 Å². The van der Waals surface area contributed by atoms with Crippen molar-refractivity contribution in [1.29, 1.82) is 0 Å². The van der Waals surface area contributed by atoms with Gasteiger partial charge in [-0.3, -0.25) is 10.1 Å². The molecule has 6 heteroatoms. The molecule has 0 aliphatic heterocycles. The van der Waals surface area contributed by atoms with Crippen LogP contribution in [0.2, 0.25) is 0 Å². The van der Waals surface area contributed by atoms with E-state index in [9.17, 15) is 10.1 Å². The summed E-state index contributed by atoms with van der Waals surface area (Å²) in [5.74, 6) is 1.25. The molecule has 0 atom stereocenters. The highest BCUT2D eigenvalue weighted by molar-refractivity contribution is 5.64. The summed E-state index contributed by atoms with van der Waals surface area (Å²) >= 11 is 0. The summed E-state index contributed by atoms with van der Waals surface area (Å²) in [6.07, 6.45) is 0. The summed E-state index contributed by atoms with van der Waals surface area (Å²) in [4.78, 5) is 12.7. The zero-order valence-corrected chi connectivity index (χ0v) is 12.7. The number of para-hydroxylation sites is 1. The van der Waals surface area contributed by atoms with E-state index in [1.165, 1.54) is 6.07 Å². The van der Waals surface area contributed by atoms with Crippen molar-refractivity contribution >= 4 is 11.4 Å². The Balaban J connectivity index is 2.17. The number of likely N-dealkylation sites (N-methyl/N-ethyl adjacent to an activating group) is 1. The molecule has 0 aromatic heterocycles. The van der Waals surface area contributed by atoms with Gasteiger partial charge in [0.1, 0.15) is 17.2 Å². The third-order valence-electron chi connectivity index (χ3n) is 3.02. The topological polar surface area (TPSA) is 67.6 Å². The summed E-state index contributed by atoms with van der Waals surface area (Å²) in [6.45, 7) is 1.39. The van der Waals surface area contributed by atoms with Gasteiger partial charge in [0.05, 0.1) is 4.92 Å². The van der Waals surface area contributed by atoms with Crippen LogP contribution >= 0.6 is 0 Å². The van der Waals surface area contributed by atoms with Crippen molar-refractivity contribution in [2.24, 2.45) is 0 Å². The summed E-state index contributed by atoms with van der Waals surface area (Å²) < 4.78 is 5.71. The molecule has 2 aromatic rings. The van der Waals surface area contributed by atoms with Gasteiger partial charge in [-0.05, 0) is 32.3 Å². The van der Waals surface area contributed by atoms with Gasteiger partial charge in [-0.1, -0.05) is 18.2 Å². The van der Waals surface area contributed by atoms with Crippen LogP contribution in [0.5, 0.6) is 11.5 Å². The lowest BCUT2D eigenvalue weighted by atomic mass is 10.2. The van der Waals surface area contributed by atoms with Gasteiger partial charge in [0.25, 0.3) is 5.69 Å². The third kappa shape index (κ3) is 4.46. The zero-order valence-electron chi connectivity index (χ0n) is 12.7. The molecule has 0 saturated heterocycles. The monoisotopic (exact) mass is 301 g/mol. The van der Waals surface area contributed by atoms with Gasteiger partial charge >= 0.3 is 0 Å². The van der Waals surface area contributed by atoms with Crippen molar-refractivity contribution in [2.75, 3.05) is 32.5 Å². The van der Waals surface area contributed by atoms with Crippen LogP contribution in [0.4, 0.5) is 11.4 Å². The minimum atomic E-state index is -0.399. The predicted octanol–water partition coefficient (Wildman–Crippen LogP) is 3.36. The first-order valence-corrected chi connectivity index (χ1v) is 6.96. The van der Waals surface area contributed by atoms with Crippen molar-refractivity contribution in [3.8, 4) is 11.5 Å². The molecule has 2 rings (SSSR count). The van der Waals surface area contributed by atoms with Crippen LogP contribution in [-0.4, -0.2) is 37.0 Å². The van der Waals surface area contributed by atoms with E-state index in [1.54, 1.807) is 12.1 Å². The molecule has 0 saturated carbocycles. The molecule has 1 N–H and O–H groups in total. The number of nitro benzene ring substituents is 1. The predicted molar refractivity (Wildman–Crippen MR) is 86.7 cm³/mol. The Morgan fingerprint density at radius 1 is 1.14 bits per heavy atom. The van der Waals surface area contributed by atoms with Crippen molar-refractivity contribution < 1.29 is 9.66 Å². The molecular weight excluding hydrogens is 282 g/mol. The molecule has 0 unspecified atom stereocenters. The van der Waals surface area contributed by atoms with Crippen molar-refractivity contribution in [3.05, 3.63) is 58.6 Å². The maximum Gasteiger partial charge on any atom is 0.292 e. The van der Waals surface area contributed by atoms with Gasteiger partial charge in [-0.2, -0.15) is 0 Å². The first-order chi connectivity index (χ1) is 10.6. The number of hydrogen-bond donors (Lipinski definition) is 1. The van der Waals surface area contributed by atoms with Crippen LogP contribution in [-0.2, 0) is 0 Å². The highest BCUT2D eigenvalue weighted by atomic mass is 16.6. The maximum atomic E-state index is 11.1. The third-order valence-corrected chi connectivity index (χ3v) is 3.02.